The molecule has 0 saturated heterocycles. The lowest BCUT2D eigenvalue weighted by atomic mass is 9.86. The van der Waals surface area contributed by atoms with E-state index in [2.05, 4.69) is 9.47 Å². The van der Waals surface area contributed by atoms with Crippen molar-refractivity contribution in [2.45, 2.75) is 76.1 Å². The first-order valence-electron chi connectivity index (χ1n) is 16.9. The first-order chi connectivity index (χ1) is 21.8. The molecule has 0 unspecified atom stereocenters. The Labute approximate surface area is 228 Å². The van der Waals surface area contributed by atoms with Gasteiger partial charge in [-0.05, 0) is 60.5 Å². The molecule has 1 aliphatic carbocycles. The maximum Gasteiger partial charge on any atom is 0.586 e. The SMILES string of the molecule is [2H]c1c([2H])c(C2(C(=O)Cc3c(F)c([2H])c4c(c3[2H])c([2H])c(C(C)(C)CC)n4C[C@]([2H])(O)CO)C([2H])([2H])C2([2H])[2H])c([2H])c2c1OC(F)(F)O2. The normalized spacial score (nSPS) is 26.1. The van der Waals surface area contributed by atoms with E-state index in [1.54, 1.807) is 20.8 Å². The van der Waals surface area contributed by atoms with Gasteiger partial charge in [-0.1, -0.05) is 26.8 Å². The summed E-state index contributed by atoms with van der Waals surface area (Å²) in [7, 11) is 0. The van der Waals surface area contributed by atoms with Crippen molar-refractivity contribution in [3.05, 3.63) is 58.9 Å². The summed E-state index contributed by atoms with van der Waals surface area (Å²) in [4.78, 5) is 14.1. The van der Waals surface area contributed by atoms with Crippen molar-refractivity contribution in [3.63, 3.8) is 0 Å². The zero-order valence-electron chi connectivity index (χ0n) is 31.0. The lowest BCUT2D eigenvalue weighted by molar-refractivity contribution is -0.286. The summed E-state index contributed by atoms with van der Waals surface area (Å²) in [6, 6.07) is -5.88. The van der Waals surface area contributed by atoms with Crippen LogP contribution in [0.3, 0.4) is 0 Å². The number of halogens is 3. The molecule has 198 valence electrons. The number of aromatic nitrogens is 1. The van der Waals surface area contributed by atoms with E-state index in [1.807, 2.05) is 0 Å². The molecule has 3 aromatic rings. The minimum Gasteiger partial charge on any atom is -0.395 e. The molecule has 2 heterocycles. The zero-order valence-corrected chi connectivity index (χ0v) is 20.0. The topological polar surface area (TPSA) is 80.9 Å². The number of aliphatic hydroxyl groups excluding tert-OH is 1. The Balaban J connectivity index is 1.76. The number of alkyl halides is 2. The predicted molar refractivity (Wildman–Crippen MR) is 131 cm³/mol. The molecular weight excluding hydrogens is 487 g/mol. The van der Waals surface area contributed by atoms with Crippen LogP contribution < -0.4 is 9.47 Å². The number of rotatable bonds is 9. The fourth-order valence-electron chi connectivity index (χ4n) is 4.04. The first kappa shape index (κ1) is 15.4. The number of hydrogen-bond donors (Lipinski definition) is 2. The van der Waals surface area contributed by atoms with Crippen LogP contribution in [-0.2, 0) is 28.6 Å². The Morgan fingerprint density at radius 3 is 2.59 bits per heavy atom. The van der Waals surface area contributed by atoms with E-state index in [0.29, 0.717) is 6.42 Å². The summed E-state index contributed by atoms with van der Waals surface area (Å²) in [6.45, 7) is 3.26. The molecule has 1 saturated carbocycles. The van der Waals surface area contributed by atoms with E-state index in [9.17, 15) is 23.8 Å². The van der Waals surface area contributed by atoms with Crippen molar-refractivity contribution in [1.29, 1.82) is 0 Å². The fraction of sp³-hybridized carbons (Fsp3) is 0.464. The van der Waals surface area contributed by atoms with Gasteiger partial charge in [0, 0.05) is 28.4 Å². The minimum absolute atomic E-state index is 0.0631. The van der Waals surface area contributed by atoms with Crippen LogP contribution in [0.2, 0.25) is 0 Å². The molecule has 0 spiro atoms. The van der Waals surface area contributed by atoms with Crippen molar-refractivity contribution in [2.24, 2.45) is 0 Å². The van der Waals surface area contributed by atoms with Gasteiger partial charge in [0.1, 0.15) is 11.6 Å². The van der Waals surface area contributed by atoms with Gasteiger partial charge in [-0.3, -0.25) is 4.79 Å². The van der Waals surface area contributed by atoms with Crippen LogP contribution in [-0.4, -0.2) is 39.5 Å². The number of ether oxygens (including phenoxy) is 2. The predicted octanol–water partition coefficient (Wildman–Crippen LogP) is 4.99. The Bertz CT molecular complexity index is 1900. The van der Waals surface area contributed by atoms with E-state index >= 15 is 4.39 Å². The molecule has 1 atom stereocenters. The summed E-state index contributed by atoms with van der Waals surface area (Å²) in [5.41, 5.74) is -6.49. The highest BCUT2D eigenvalue weighted by Gasteiger charge is 2.52. The highest BCUT2D eigenvalue weighted by Crippen LogP contribution is 2.52. The van der Waals surface area contributed by atoms with Crippen LogP contribution in [0.1, 0.15) is 71.8 Å². The molecular formula is C28H30F3NO5. The number of nitrogens with zero attached hydrogens (tertiary/aromatic N) is 1. The zero-order chi connectivity index (χ0) is 36.5. The summed E-state index contributed by atoms with van der Waals surface area (Å²) in [5, 5.41) is 19.5. The van der Waals surface area contributed by atoms with E-state index in [4.69, 9.17) is 15.1 Å². The maximum absolute atomic E-state index is 16.1. The van der Waals surface area contributed by atoms with Crippen molar-refractivity contribution in [3.8, 4) is 11.5 Å². The van der Waals surface area contributed by atoms with Gasteiger partial charge < -0.3 is 24.3 Å². The molecule has 6 nitrogen and oxygen atoms in total. The Kier molecular flexibility index (Phi) is 3.65. The van der Waals surface area contributed by atoms with E-state index < -0.39 is 137 Å². The van der Waals surface area contributed by atoms with Crippen LogP contribution in [0.25, 0.3) is 10.9 Å². The van der Waals surface area contributed by atoms with E-state index in [1.165, 1.54) is 0 Å². The third kappa shape index (κ3) is 4.48. The van der Waals surface area contributed by atoms with Crippen molar-refractivity contribution < 1.29 is 52.7 Å². The molecule has 2 aliphatic rings. The number of carbonyl (C=O) groups is 1. The van der Waals surface area contributed by atoms with Crippen LogP contribution >= 0.6 is 0 Å². The molecule has 1 aliphatic heterocycles. The quantitative estimate of drug-likeness (QED) is 0.409. The number of benzene rings is 2. The lowest BCUT2D eigenvalue weighted by Gasteiger charge is -2.26. The van der Waals surface area contributed by atoms with Gasteiger partial charge in [0.15, 0.2) is 11.5 Å². The molecule has 0 bridgehead atoms. The highest BCUT2D eigenvalue weighted by molar-refractivity contribution is 5.95. The van der Waals surface area contributed by atoms with Gasteiger partial charge in [0.25, 0.3) is 0 Å². The summed E-state index contributed by atoms with van der Waals surface area (Å²) in [5.74, 6) is -5.30. The highest BCUT2D eigenvalue weighted by atomic mass is 19.3. The molecule has 2 aromatic carbocycles. The van der Waals surface area contributed by atoms with Gasteiger partial charge in [0.2, 0.25) is 0 Å². The molecule has 5 rings (SSSR count). The fourth-order valence-corrected chi connectivity index (χ4v) is 4.04. The number of ketones is 1. The molecule has 37 heavy (non-hydrogen) atoms. The second kappa shape index (κ2) is 8.77. The molecule has 9 heteroatoms. The van der Waals surface area contributed by atoms with E-state index in [-0.39, 0.29) is 5.69 Å². The second-order valence-electron chi connectivity index (χ2n) is 9.46. The molecule has 0 amide bonds. The van der Waals surface area contributed by atoms with Gasteiger partial charge in [0.05, 0.1) is 39.8 Å². The van der Waals surface area contributed by atoms with Crippen LogP contribution in [0.4, 0.5) is 13.2 Å². The lowest BCUT2D eigenvalue weighted by Crippen LogP contribution is -2.26. The number of aliphatic hydroxyl groups is 2. The third-order valence-corrected chi connectivity index (χ3v) is 6.53. The smallest absolute Gasteiger partial charge is 0.395 e. The van der Waals surface area contributed by atoms with Crippen LogP contribution in [0.15, 0.2) is 36.3 Å². The monoisotopic (exact) mass is 528 g/mol. The van der Waals surface area contributed by atoms with Gasteiger partial charge in [-0.2, -0.15) is 0 Å². The molecule has 1 aromatic heterocycles. The van der Waals surface area contributed by atoms with E-state index in [0.717, 1.165) is 4.57 Å². The maximum atomic E-state index is 16.1. The Hall–Kier alpha value is -3.04. The van der Waals surface area contributed by atoms with Gasteiger partial charge in [-0.15, -0.1) is 8.78 Å². The van der Waals surface area contributed by atoms with Crippen molar-refractivity contribution in [1.82, 2.24) is 4.57 Å². The third-order valence-electron chi connectivity index (χ3n) is 6.53. The van der Waals surface area contributed by atoms with Gasteiger partial charge in [-0.25, -0.2) is 4.39 Å². The number of Topliss-reactive ketones (excluding diaryl/α,β-unsaturated/α-hetero) is 1. The largest absolute Gasteiger partial charge is 0.586 e. The molecule has 0 radical (unpaired) electrons. The minimum atomic E-state index is -4.40. The van der Waals surface area contributed by atoms with Crippen molar-refractivity contribution in [2.75, 3.05) is 6.61 Å². The number of carbonyl (C=O) groups excluding carboxylic acids is 1. The summed E-state index contributed by atoms with van der Waals surface area (Å²) < 4.78 is 147. The first-order valence-corrected chi connectivity index (χ1v) is 11.4. The molecule has 1 fully saturated rings. The Morgan fingerprint density at radius 1 is 1.24 bits per heavy atom. The average molecular weight is 529 g/mol. The second-order valence-corrected chi connectivity index (χ2v) is 9.46. The number of fused-ring (bicyclic) bond motifs is 2. The molecule has 2 N–H and O–H groups in total. The number of hydrogen-bond acceptors (Lipinski definition) is 5. The van der Waals surface area contributed by atoms with Crippen LogP contribution in [0.5, 0.6) is 11.5 Å². The summed E-state index contributed by atoms with van der Waals surface area (Å²) in [6.07, 6.45) is -14.5. The average Bonchev–Trinajstić information content (AvgIpc) is 3.26. The van der Waals surface area contributed by atoms with Gasteiger partial charge >= 0.3 is 6.29 Å². The van der Waals surface area contributed by atoms with Crippen LogP contribution in [0, 0.1) is 5.82 Å². The van der Waals surface area contributed by atoms with Crippen molar-refractivity contribution >= 4 is 16.7 Å². The Morgan fingerprint density at radius 2 is 1.95 bits per heavy atom. The standard InChI is InChI=1S/C28H30F3NO5/c1-4-26(2,3)24-10-17-9-16(20(29)13-21(17)32(24)14-19(34)15-33)11-25(35)27(7-8-27)18-5-6-22-23(12-18)37-28(30,31)36-22/h5-6,9-10,12-13,19,33-34H,4,7-8,11,14-15H2,1-3H3/t19-/m0/s1/i5D,6D,7D2,8D2,9D,10D,12D,13D,19D. The summed E-state index contributed by atoms with van der Waals surface area (Å²) >= 11 is 0.